The Morgan fingerprint density at radius 3 is 2.08 bits per heavy atom. The summed E-state index contributed by atoms with van der Waals surface area (Å²) in [6.45, 7) is 5.46. The summed E-state index contributed by atoms with van der Waals surface area (Å²) in [7, 11) is 0. The topological polar surface area (TPSA) is 55.6 Å². The lowest BCUT2D eigenvalue weighted by atomic mass is 10.0. The highest BCUT2D eigenvalue weighted by atomic mass is 16.5. The van der Waals surface area contributed by atoms with E-state index in [-0.39, 0.29) is 12.0 Å². The number of hydrogen-bond donors (Lipinski definition) is 1. The third-order valence-corrected chi connectivity index (χ3v) is 4.78. The highest BCUT2D eigenvalue weighted by Crippen LogP contribution is 2.22. The molecule has 1 unspecified atom stereocenters. The van der Waals surface area contributed by atoms with E-state index in [4.69, 9.17) is 10.5 Å². The number of benzene rings is 2. The van der Waals surface area contributed by atoms with Crippen molar-refractivity contribution < 1.29 is 9.53 Å². The maximum Gasteiger partial charge on any atom is 0.244 e. The summed E-state index contributed by atoms with van der Waals surface area (Å²) in [5, 5.41) is 0. The fourth-order valence-corrected chi connectivity index (χ4v) is 3.12. The SMILES string of the molecule is Cc1ccc(OC2CCN(C(=O)C(N)c3ccc(C)cc3)CC2)cc1. The Labute approximate surface area is 149 Å². The minimum Gasteiger partial charge on any atom is -0.490 e. The number of nitrogens with zero attached hydrogens (tertiary/aromatic N) is 1. The van der Waals surface area contributed by atoms with Gasteiger partial charge in [-0.2, -0.15) is 0 Å². The molecule has 1 aliphatic heterocycles. The smallest absolute Gasteiger partial charge is 0.244 e. The van der Waals surface area contributed by atoms with E-state index in [1.54, 1.807) is 0 Å². The zero-order chi connectivity index (χ0) is 17.8. The maximum atomic E-state index is 12.6. The van der Waals surface area contributed by atoms with Gasteiger partial charge in [0.25, 0.3) is 0 Å². The number of nitrogens with two attached hydrogens (primary N) is 1. The minimum absolute atomic E-state index is 0.00219. The van der Waals surface area contributed by atoms with Crippen molar-refractivity contribution in [2.24, 2.45) is 5.73 Å². The number of hydrogen-bond acceptors (Lipinski definition) is 3. The molecule has 0 radical (unpaired) electrons. The molecule has 0 aliphatic carbocycles. The molecule has 0 saturated carbocycles. The first-order valence-corrected chi connectivity index (χ1v) is 8.87. The average molecular weight is 338 g/mol. The van der Waals surface area contributed by atoms with Gasteiger partial charge in [-0.05, 0) is 31.5 Å². The lowest BCUT2D eigenvalue weighted by Crippen LogP contribution is -2.45. The van der Waals surface area contributed by atoms with Gasteiger partial charge in [-0.3, -0.25) is 4.79 Å². The van der Waals surface area contributed by atoms with Crippen LogP contribution in [0.2, 0.25) is 0 Å². The van der Waals surface area contributed by atoms with Gasteiger partial charge < -0.3 is 15.4 Å². The van der Waals surface area contributed by atoms with Gasteiger partial charge in [0.05, 0.1) is 0 Å². The molecule has 4 nitrogen and oxygen atoms in total. The first kappa shape index (κ1) is 17.5. The summed E-state index contributed by atoms with van der Waals surface area (Å²) in [6.07, 6.45) is 1.82. The summed E-state index contributed by atoms with van der Waals surface area (Å²) in [5.74, 6) is 0.893. The van der Waals surface area contributed by atoms with Gasteiger partial charge in [0, 0.05) is 25.9 Å². The van der Waals surface area contributed by atoms with Crippen molar-refractivity contribution in [2.75, 3.05) is 13.1 Å². The van der Waals surface area contributed by atoms with Gasteiger partial charge >= 0.3 is 0 Å². The summed E-state index contributed by atoms with van der Waals surface area (Å²) < 4.78 is 6.03. The van der Waals surface area contributed by atoms with Crippen molar-refractivity contribution in [2.45, 2.75) is 38.8 Å². The molecule has 2 aromatic carbocycles. The number of piperidine rings is 1. The molecule has 3 rings (SSSR count). The first-order valence-electron chi connectivity index (χ1n) is 8.87. The fraction of sp³-hybridized carbons (Fsp3) is 0.381. The molecule has 1 amide bonds. The maximum absolute atomic E-state index is 12.6. The number of likely N-dealkylation sites (tertiary alicyclic amines) is 1. The number of rotatable bonds is 4. The van der Waals surface area contributed by atoms with Crippen LogP contribution in [0.4, 0.5) is 0 Å². The summed E-state index contributed by atoms with van der Waals surface area (Å²) >= 11 is 0. The van der Waals surface area contributed by atoms with Crippen LogP contribution >= 0.6 is 0 Å². The summed E-state index contributed by atoms with van der Waals surface area (Å²) in [6, 6.07) is 15.4. The van der Waals surface area contributed by atoms with E-state index in [0.717, 1.165) is 29.7 Å². The number of ether oxygens (including phenoxy) is 1. The lowest BCUT2D eigenvalue weighted by Gasteiger charge is -2.33. The van der Waals surface area contributed by atoms with Crippen molar-refractivity contribution >= 4 is 5.91 Å². The molecular weight excluding hydrogens is 312 g/mol. The number of aryl methyl sites for hydroxylation is 2. The average Bonchev–Trinajstić information content (AvgIpc) is 2.64. The zero-order valence-corrected chi connectivity index (χ0v) is 14.9. The van der Waals surface area contributed by atoms with Gasteiger partial charge in [-0.25, -0.2) is 0 Å². The van der Waals surface area contributed by atoms with Crippen molar-refractivity contribution in [1.29, 1.82) is 0 Å². The van der Waals surface area contributed by atoms with E-state index < -0.39 is 6.04 Å². The first-order chi connectivity index (χ1) is 12.0. The van der Waals surface area contributed by atoms with Crippen LogP contribution in [-0.4, -0.2) is 30.0 Å². The van der Waals surface area contributed by atoms with Crippen LogP contribution in [0.3, 0.4) is 0 Å². The molecular formula is C21H26N2O2. The van der Waals surface area contributed by atoms with Crippen molar-refractivity contribution in [1.82, 2.24) is 4.90 Å². The predicted molar refractivity (Wildman–Crippen MR) is 99.5 cm³/mol. The molecule has 4 heteroatoms. The molecule has 2 N–H and O–H groups in total. The molecule has 0 bridgehead atoms. The monoisotopic (exact) mass is 338 g/mol. The van der Waals surface area contributed by atoms with Gasteiger partial charge in [0.1, 0.15) is 17.9 Å². The second-order valence-corrected chi connectivity index (χ2v) is 6.84. The molecule has 2 aromatic rings. The van der Waals surface area contributed by atoms with Crippen LogP contribution in [0.25, 0.3) is 0 Å². The molecule has 1 saturated heterocycles. The van der Waals surface area contributed by atoms with Crippen LogP contribution in [0, 0.1) is 13.8 Å². The number of carbonyl (C=O) groups excluding carboxylic acids is 1. The Morgan fingerprint density at radius 2 is 1.52 bits per heavy atom. The fourth-order valence-electron chi connectivity index (χ4n) is 3.12. The normalized spacial score (nSPS) is 16.5. The second kappa shape index (κ2) is 7.70. The summed E-state index contributed by atoms with van der Waals surface area (Å²) in [5.41, 5.74) is 9.42. The van der Waals surface area contributed by atoms with E-state index in [2.05, 4.69) is 19.1 Å². The lowest BCUT2D eigenvalue weighted by molar-refractivity contribution is -0.134. The minimum atomic E-state index is -0.588. The Hall–Kier alpha value is -2.33. The highest BCUT2D eigenvalue weighted by Gasteiger charge is 2.27. The van der Waals surface area contributed by atoms with Gasteiger partial charge in [-0.1, -0.05) is 47.5 Å². The molecule has 1 fully saturated rings. The van der Waals surface area contributed by atoms with Gasteiger partial charge in [-0.15, -0.1) is 0 Å². The quantitative estimate of drug-likeness (QED) is 0.930. The third kappa shape index (κ3) is 4.40. The second-order valence-electron chi connectivity index (χ2n) is 6.84. The van der Waals surface area contributed by atoms with Crippen LogP contribution in [0.5, 0.6) is 5.75 Å². The molecule has 132 valence electrons. The van der Waals surface area contributed by atoms with Crippen molar-refractivity contribution in [3.63, 3.8) is 0 Å². The largest absolute Gasteiger partial charge is 0.490 e. The third-order valence-electron chi connectivity index (χ3n) is 4.78. The Morgan fingerprint density at radius 1 is 1.00 bits per heavy atom. The van der Waals surface area contributed by atoms with E-state index in [9.17, 15) is 4.79 Å². The van der Waals surface area contributed by atoms with Crippen molar-refractivity contribution in [3.8, 4) is 5.75 Å². The van der Waals surface area contributed by atoms with Crippen LogP contribution in [0.1, 0.15) is 35.6 Å². The molecule has 1 heterocycles. The van der Waals surface area contributed by atoms with Gasteiger partial charge in [0.15, 0.2) is 0 Å². The number of carbonyl (C=O) groups is 1. The molecule has 1 atom stereocenters. The standard InChI is InChI=1S/C21H26N2O2/c1-15-3-7-17(8-4-15)20(22)21(24)23-13-11-19(12-14-23)25-18-9-5-16(2)6-10-18/h3-10,19-20H,11-14,22H2,1-2H3. The van der Waals surface area contributed by atoms with E-state index >= 15 is 0 Å². The summed E-state index contributed by atoms with van der Waals surface area (Å²) in [4.78, 5) is 14.5. The van der Waals surface area contributed by atoms with Crippen LogP contribution in [-0.2, 0) is 4.79 Å². The molecule has 1 aliphatic rings. The molecule has 0 aromatic heterocycles. The molecule has 0 spiro atoms. The number of amides is 1. The highest BCUT2D eigenvalue weighted by molar-refractivity contribution is 5.83. The Balaban J connectivity index is 1.53. The van der Waals surface area contributed by atoms with E-state index in [1.165, 1.54) is 5.56 Å². The van der Waals surface area contributed by atoms with E-state index in [0.29, 0.717) is 13.1 Å². The predicted octanol–water partition coefficient (Wildman–Crippen LogP) is 3.37. The van der Waals surface area contributed by atoms with E-state index in [1.807, 2.05) is 48.2 Å². The van der Waals surface area contributed by atoms with Crippen LogP contribution in [0.15, 0.2) is 48.5 Å². The molecule has 25 heavy (non-hydrogen) atoms. The Kier molecular flexibility index (Phi) is 5.39. The van der Waals surface area contributed by atoms with Crippen LogP contribution < -0.4 is 10.5 Å². The van der Waals surface area contributed by atoms with Gasteiger partial charge in [0.2, 0.25) is 5.91 Å². The Bertz CT molecular complexity index is 702. The van der Waals surface area contributed by atoms with Crippen molar-refractivity contribution in [3.05, 3.63) is 65.2 Å². The zero-order valence-electron chi connectivity index (χ0n) is 14.9.